The molecular weight excluding hydrogens is 316 g/mol. The summed E-state index contributed by atoms with van der Waals surface area (Å²) >= 11 is 0. The Morgan fingerprint density at radius 1 is 1.08 bits per heavy atom. The molecule has 1 N–H and O–H groups in total. The lowest BCUT2D eigenvalue weighted by Gasteiger charge is -2.29. The number of aromatic nitrogens is 2. The number of benzene rings is 1. The fourth-order valence-corrected chi connectivity index (χ4v) is 2.95. The Bertz CT molecular complexity index is 890. The highest BCUT2D eigenvalue weighted by Gasteiger charge is 2.13. The minimum absolute atomic E-state index is 0.555. The second-order valence-corrected chi connectivity index (χ2v) is 5.88. The molecule has 25 heavy (non-hydrogen) atoms. The Kier molecular flexibility index (Phi) is 4.26. The predicted octanol–water partition coefficient (Wildman–Crippen LogP) is 3.02. The van der Waals surface area contributed by atoms with Gasteiger partial charge in [0, 0.05) is 42.1 Å². The van der Waals surface area contributed by atoms with Gasteiger partial charge in [-0.25, -0.2) is 4.98 Å². The quantitative estimate of drug-likeness (QED) is 0.740. The van der Waals surface area contributed by atoms with E-state index >= 15 is 0 Å². The SMILES string of the molecule is O=Cc1ccc(Nc2ccnc3ccc(N4CCOCC4)cc23)nc1. The first kappa shape index (κ1) is 15.5. The van der Waals surface area contributed by atoms with Crippen LogP contribution in [0.4, 0.5) is 17.2 Å². The lowest BCUT2D eigenvalue weighted by molar-refractivity contribution is 0.112. The van der Waals surface area contributed by atoms with E-state index in [0.29, 0.717) is 11.4 Å². The number of morpholine rings is 1. The molecule has 0 saturated carbocycles. The number of fused-ring (bicyclic) bond motifs is 1. The Labute approximate surface area is 145 Å². The zero-order valence-electron chi connectivity index (χ0n) is 13.7. The normalized spacial score (nSPS) is 14.5. The van der Waals surface area contributed by atoms with Crippen molar-refractivity contribution in [2.45, 2.75) is 0 Å². The molecule has 0 aliphatic carbocycles. The molecule has 3 aromatic rings. The first-order valence-corrected chi connectivity index (χ1v) is 8.23. The highest BCUT2D eigenvalue weighted by Crippen LogP contribution is 2.28. The Balaban J connectivity index is 1.68. The molecule has 0 radical (unpaired) electrons. The maximum absolute atomic E-state index is 10.8. The molecule has 1 aliphatic rings. The number of carbonyl (C=O) groups excluding carboxylic acids is 1. The Hall–Kier alpha value is -2.99. The van der Waals surface area contributed by atoms with E-state index in [0.717, 1.165) is 54.9 Å². The van der Waals surface area contributed by atoms with Crippen molar-refractivity contribution in [1.29, 1.82) is 0 Å². The van der Waals surface area contributed by atoms with E-state index in [1.54, 1.807) is 24.5 Å². The standard InChI is InChI=1S/C19H18N4O2/c24-13-14-1-4-19(21-12-14)22-18-5-6-20-17-3-2-15(11-16(17)18)23-7-9-25-10-8-23/h1-6,11-13H,7-10H2,(H,20,21,22). The molecule has 1 aliphatic heterocycles. The van der Waals surface area contributed by atoms with E-state index in [1.807, 2.05) is 12.1 Å². The highest BCUT2D eigenvalue weighted by molar-refractivity contribution is 5.94. The smallest absolute Gasteiger partial charge is 0.151 e. The molecule has 0 bridgehead atoms. The molecule has 1 fully saturated rings. The number of rotatable bonds is 4. The van der Waals surface area contributed by atoms with Gasteiger partial charge in [0.25, 0.3) is 0 Å². The van der Waals surface area contributed by atoms with Crippen molar-refractivity contribution in [3.05, 3.63) is 54.4 Å². The van der Waals surface area contributed by atoms with Gasteiger partial charge in [0.2, 0.25) is 0 Å². The van der Waals surface area contributed by atoms with Gasteiger partial charge in [-0.3, -0.25) is 9.78 Å². The van der Waals surface area contributed by atoms with Gasteiger partial charge < -0.3 is 15.0 Å². The first-order chi connectivity index (χ1) is 12.3. The van der Waals surface area contributed by atoms with Crippen molar-refractivity contribution in [2.75, 3.05) is 36.5 Å². The second-order valence-electron chi connectivity index (χ2n) is 5.88. The molecule has 0 atom stereocenters. The molecule has 0 spiro atoms. The molecule has 1 saturated heterocycles. The summed E-state index contributed by atoms with van der Waals surface area (Å²) in [5.41, 5.74) is 3.58. The van der Waals surface area contributed by atoms with Gasteiger partial charge in [0.05, 0.1) is 24.4 Å². The van der Waals surface area contributed by atoms with Crippen molar-refractivity contribution >= 4 is 34.4 Å². The highest BCUT2D eigenvalue weighted by atomic mass is 16.5. The zero-order valence-corrected chi connectivity index (χ0v) is 13.7. The molecule has 126 valence electrons. The zero-order chi connectivity index (χ0) is 17.1. The number of anilines is 3. The molecule has 2 aromatic heterocycles. The number of pyridine rings is 2. The van der Waals surface area contributed by atoms with Gasteiger partial charge in [-0.15, -0.1) is 0 Å². The largest absolute Gasteiger partial charge is 0.378 e. The summed E-state index contributed by atoms with van der Waals surface area (Å²) < 4.78 is 5.43. The van der Waals surface area contributed by atoms with Gasteiger partial charge >= 0.3 is 0 Å². The van der Waals surface area contributed by atoms with Gasteiger partial charge in [0.1, 0.15) is 5.82 Å². The van der Waals surface area contributed by atoms with Crippen LogP contribution in [0.15, 0.2) is 48.8 Å². The molecule has 3 heterocycles. The number of hydrogen-bond acceptors (Lipinski definition) is 6. The monoisotopic (exact) mass is 334 g/mol. The third kappa shape index (κ3) is 3.29. The number of nitrogens with zero attached hydrogens (tertiary/aromatic N) is 3. The third-order valence-corrected chi connectivity index (χ3v) is 4.29. The van der Waals surface area contributed by atoms with Crippen molar-refractivity contribution in [1.82, 2.24) is 9.97 Å². The fourth-order valence-electron chi connectivity index (χ4n) is 2.95. The number of ether oxygens (including phenoxy) is 1. The van der Waals surface area contributed by atoms with Crippen LogP contribution in [0, 0.1) is 0 Å². The molecular formula is C19H18N4O2. The molecule has 6 nitrogen and oxygen atoms in total. The van der Waals surface area contributed by atoms with Crippen molar-refractivity contribution < 1.29 is 9.53 Å². The van der Waals surface area contributed by atoms with Crippen LogP contribution in [0.5, 0.6) is 0 Å². The summed E-state index contributed by atoms with van der Waals surface area (Å²) in [6, 6.07) is 11.7. The van der Waals surface area contributed by atoms with Crippen LogP contribution in [0.25, 0.3) is 10.9 Å². The molecule has 4 rings (SSSR count). The number of hydrogen-bond donors (Lipinski definition) is 1. The number of nitrogens with one attached hydrogen (secondary N) is 1. The lowest BCUT2D eigenvalue weighted by Crippen LogP contribution is -2.36. The van der Waals surface area contributed by atoms with Crippen molar-refractivity contribution in [3.8, 4) is 0 Å². The van der Waals surface area contributed by atoms with E-state index in [2.05, 4.69) is 32.3 Å². The summed E-state index contributed by atoms with van der Waals surface area (Å²) in [4.78, 5) is 21.8. The summed E-state index contributed by atoms with van der Waals surface area (Å²) in [7, 11) is 0. The van der Waals surface area contributed by atoms with Crippen LogP contribution in [-0.4, -0.2) is 42.6 Å². The van der Waals surface area contributed by atoms with Crippen LogP contribution < -0.4 is 10.2 Å². The maximum Gasteiger partial charge on any atom is 0.151 e. The molecule has 0 amide bonds. The van der Waals surface area contributed by atoms with Gasteiger partial charge in [-0.05, 0) is 36.4 Å². The summed E-state index contributed by atoms with van der Waals surface area (Å²) in [5, 5.41) is 4.35. The van der Waals surface area contributed by atoms with Gasteiger partial charge in [-0.2, -0.15) is 0 Å². The second kappa shape index (κ2) is 6.86. The van der Waals surface area contributed by atoms with Crippen molar-refractivity contribution in [2.24, 2.45) is 0 Å². The number of carbonyl (C=O) groups is 1. The van der Waals surface area contributed by atoms with E-state index in [-0.39, 0.29) is 0 Å². The first-order valence-electron chi connectivity index (χ1n) is 8.23. The molecule has 1 aromatic carbocycles. The van der Waals surface area contributed by atoms with Crippen LogP contribution in [0.3, 0.4) is 0 Å². The lowest BCUT2D eigenvalue weighted by atomic mass is 10.1. The fraction of sp³-hybridized carbons (Fsp3) is 0.211. The maximum atomic E-state index is 10.8. The van der Waals surface area contributed by atoms with Gasteiger partial charge in [0.15, 0.2) is 6.29 Å². The average Bonchev–Trinajstić information content (AvgIpc) is 2.69. The number of aldehydes is 1. The third-order valence-electron chi connectivity index (χ3n) is 4.29. The van der Waals surface area contributed by atoms with Crippen molar-refractivity contribution in [3.63, 3.8) is 0 Å². The topological polar surface area (TPSA) is 67.4 Å². The van der Waals surface area contributed by atoms with E-state index in [4.69, 9.17) is 4.74 Å². The van der Waals surface area contributed by atoms with Gasteiger partial charge in [-0.1, -0.05) is 0 Å². The van der Waals surface area contributed by atoms with Crippen LogP contribution >= 0.6 is 0 Å². The molecule has 0 unspecified atom stereocenters. The van der Waals surface area contributed by atoms with E-state index in [9.17, 15) is 4.79 Å². The van der Waals surface area contributed by atoms with E-state index < -0.39 is 0 Å². The minimum Gasteiger partial charge on any atom is -0.378 e. The summed E-state index contributed by atoms with van der Waals surface area (Å²) in [6.07, 6.45) is 4.12. The van der Waals surface area contributed by atoms with Crippen LogP contribution in [-0.2, 0) is 4.74 Å². The predicted molar refractivity (Wildman–Crippen MR) is 97.7 cm³/mol. The Morgan fingerprint density at radius 3 is 2.72 bits per heavy atom. The van der Waals surface area contributed by atoms with Crippen LogP contribution in [0.1, 0.15) is 10.4 Å². The summed E-state index contributed by atoms with van der Waals surface area (Å²) in [6.45, 7) is 3.29. The Morgan fingerprint density at radius 2 is 1.96 bits per heavy atom. The van der Waals surface area contributed by atoms with Crippen LogP contribution in [0.2, 0.25) is 0 Å². The van der Waals surface area contributed by atoms with E-state index in [1.165, 1.54) is 0 Å². The minimum atomic E-state index is 0.555. The molecule has 6 heteroatoms. The summed E-state index contributed by atoms with van der Waals surface area (Å²) in [5.74, 6) is 0.690. The average molecular weight is 334 g/mol.